The van der Waals surface area contributed by atoms with Gasteiger partial charge in [-0.3, -0.25) is 4.79 Å². The molecule has 1 aliphatic heterocycles. The molecular weight excluding hydrogens is 476 g/mol. The van der Waals surface area contributed by atoms with Crippen LogP contribution in [-0.2, 0) is 14.3 Å². The van der Waals surface area contributed by atoms with E-state index in [9.17, 15) is 15.0 Å². The molecule has 216 valence electrons. The monoisotopic (exact) mass is 530 g/mol. The molecule has 0 radical (unpaired) electrons. The summed E-state index contributed by atoms with van der Waals surface area (Å²) in [5.74, 6) is 2.84. The van der Waals surface area contributed by atoms with Gasteiger partial charge in [-0.05, 0) is 105 Å². The van der Waals surface area contributed by atoms with Gasteiger partial charge in [-0.25, -0.2) is 0 Å². The van der Waals surface area contributed by atoms with Gasteiger partial charge in [-0.2, -0.15) is 0 Å². The van der Waals surface area contributed by atoms with Crippen LogP contribution in [0.1, 0.15) is 107 Å². The summed E-state index contributed by atoms with van der Waals surface area (Å²) in [7, 11) is 0. The Bertz CT molecular complexity index is 940. The maximum atomic E-state index is 12.9. The fourth-order valence-electron chi connectivity index (χ4n) is 10.7. The fraction of sp³-hybridized carbons (Fsp3) is 0.909. The molecule has 5 rings (SSSR count). The first-order valence-corrected chi connectivity index (χ1v) is 15.7. The van der Waals surface area contributed by atoms with Crippen molar-refractivity contribution in [1.82, 2.24) is 0 Å². The molecule has 1 unspecified atom stereocenters. The highest BCUT2D eigenvalue weighted by molar-refractivity contribution is 5.96. The minimum absolute atomic E-state index is 0.00884. The molecule has 0 aromatic rings. The number of Topliss-reactive ketones (excluding diaryl/α,β-unsaturated/α-hetero) is 1. The zero-order valence-corrected chi connectivity index (χ0v) is 25.2. The largest absolute Gasteiger partial charge is 0.515 e. The van der Waals surface area contributed by atoms with Crippen molar-refractivity contribution in [2.24, 2.45) is 58.2 Å². The number of hydrogen-bond donors (Lipinski definition) is 2. The highest BCUT2D eigenvalue weighted by Gasteiger charge is 2.69. The number of ketones is 1. The average Bonchev–Trinajstić information content (AvgIpc) is 3.37. The van der Waals surface area contributed by atoms with Gasteiger partial charge in [0.15, 0.2) is 11.6 Å². The molecule has 5 aliphatic rings. The van der Waals surface area contributed by atoms with Crippen LogP contribution in [0.4, 0.5) is 0 Å². The molecule has 4 aliphatic carbocycles. The first-order valence-electron chi connectivity index (χ1n) is 15.7. The van der Waals surface area contributed by atoms with Gasteiger partial charge in [0.2, 0.25) is 0 Å². The van der Waals surface area contributed by atoms with Crippen LogP contribution in [0, 0.1) is 58.2 Å². The number of aliphatic hydroxyl groups excluding tert-OH is 2. The van der Waals surface area contributed by atoms with Gasteiger partial charge in [0.1, 0.15) is 0 Å². The maximum absolute atomic E-state index is 12.9. The average molecular weight is 531 g/mol. The smallest absolute Gasteiger partial charge is 0.163 e. The van der Waals surface area contributed by atoms with Crippen molar-refractivity contribution in [3.05, 3.63) is 11.8 Å². The number of ether oxygens (including phenoxy) is 2. The van der Waals surface area contributed by atoms with Gasteiger partial charge in [0.05, 0.1) is 24.6 Å². The van der Waals surface area contributed by atoms with Gasteiger partial charge in [0, 0.05) is 17.9 Å². The van der Waals surface area contributed by atoms with Crippen LogP contribution in [0.2, 0.25) is 0 Å². The molecule has 12 atom stereocenters. The van der Waals surface area contributed by atoms with Crippen molar-refractivity contribution < 1.29 is 24.5 Å². The first-order chi connectivity index (χ1) is 17.8. The van der Waals surface area contributed by atoms with E-state index in [2.05, 4.69) is 41.5 Å². The van der Waals surface area contributed by atoms with E-state index in [1.54, 1.807) is 0 Å². The predicted molar refractivity (Wildman–Crippen MR) is 149 cm³/mol. The van der Waals surface area contributed by atoms with Crippen molar-refractivity contribution in [1.29, 1.82) is 0 Å². The van der Waals surface area contributed by atoms with Gasteiger partial charge < -0.3 is 19.7 Å². The second kappa shape index (κ2) is 9.87. The molecular formula is C33H54O5. The van der Waals surface area contributed by atoms with Crippen molar-refractivity contribution in [2.45, 2.75) is 131 Å². The summed E-state index contributed by atoms with van der Waals surface area (Å²) < 4.78 is 13.4. The molecule has 0 bridgehead atoms. The number of aliphatic hydroxyl groups is 2. The van der Waals surface area contributed by atoms with Crippen LogP contribution in [0.25, 0.3) is 0 Å². The number of allylic oxidation sites excluding steroid dienone is 1. The molecule has 1 heterocycles. The molecule has 0 aromatic heterocycles. The first kappa shape index (κ1) is 28.6. The van der Waals surface area contributed by atoms with E-state index in [0.717, 1.165) is 31.9 Å². The minimum atomic E-state index is -0.650. The molecule has 5 heteroatoms. The molecule has 1 saturated heterocycles. The number of hydrogen-bond acceptors (Lipinski definition) is 5. The van der Waals surface area contributed by atoms with E-state index in [0.29, 0.717) is 53.9 Å². The van der Waals surface area contributed by atoms with Gasteiger partial charge in [-0.1, -0.05) is 48.0 Å². The second-order valence-electron chi connectivity index (χ2n) is 15.2. The van der Waals surface area contributed by atoms with Gasteiger partial charge in [-0.15, -0.1) is 0 Å². The SMILES string of the molecule is CC[C@H](CC(O)[C@@H](C)[C@H]1CC[C@H]2[C@@H]3[C@H]4OC(C)(C)O[C@@H]4[C@H]4CC(=O)/C(=C/O)C[C@]4(C)[C@H]3CC[C@]12C)C(C)C. The Morgan fingerprint density at radius 1 is 0.974 bits per heavy atom. The number of carbonyl (C=O) groups is 1. The van der Waals surface area contributed by atoms with Crippen LogP contribution in [0.3, 0.4) is 0 Å². The number of fused-ring (bicyclic) bond motifs is 8. The van der Waals surface area contributed by atoms with Crippen LogP contribution >= 0.6 is 0 Å². The normalized spacial score (nSPS) is 47.3. The van der Waals surface area contributed by atoms with Crippen LogP contribution < -0.4 is 0 Å². The van der Waals surface area contributed by atoms with E-state index >= 15 is 0 Å². The molecule has 0 spiro atoms. The van der Waals surface area contributed by atoms with Crippen LogP contribution in [-0.4, -0.2) is 40.1 Å². The zero-order valence-electron chi connectivity index (χ0n) is 25.2. The highest BCUT2D eigenvalue weighted by atomic mass is 16.8. The molecule has 5 nitrogen and oxygen atoms in total. The Kier molecular flexibility index (Phi) is 7.43. The summed E-state index contributed by atoms with van der Waals surface area (Å²) in [4.78, 5) is 12.9. The highest BCUT2D eigenvalue weighted by Crippen LogP contribution is 2.70. The van der Waals surface area contributed by atoms with Gasteiger partial charge >= 0.3 is 0 Å². The summed E-state index contributed by atoms with van der Waals surface area (Å²) in [5.41, 5.74) is 0.670. The quantitative estimate of drug-likeness (QED) is 0.284. The topological polar surface area (TPSA) is 76.0 Å². The standard InChI is InChI=1S/C33H54O5/c1-9-20(18(2)3)14-26(35)19(4)22-10-11-23-28-24(12-13-32(22,23)7)33(8)16-21(17-34)27(36)15-25(33)29-30(28)38-31(5,6)37-29/h17-20,22-26,28-30,34-35H,9-16H2,1-8H3/b21-17+/t19-,20+,22+,23-,24-,25+,26?,28-,29+,30+,32+,33+/m0/s1. The Hall–Kier alpha value is -0.910. The third kappa shape index (κ3) is 4.33. The Morgan fingerprint density at radius 3 is 2.26 bits per heavy atom. The Morgan fingerprint density at radius 2 is 1.63 bits per heavy atom. The Labute approximate surface area is 231 Å². The Balaban J connectivity index is 1.46. The summed E-state index contributed by atoms with van der Waals surface area (Å²) in [6.07, 6.45) is 8.47. The maximum Gasteiger partial charge on any atom is 0.163 e. The van der Waals surface area contributed by atoms with Crippen molar-refractivity contribution >= 4 is 5.78 Å². The lowest BCUT2D eigenvalue weighted by Crippen LogP contribution is -2.63. The molecule has 0 amide bonds. The number of rotatable bonds is 6. The lowest BCUT2D eigenvalue weighted by atomic mass is 9.43. The molecule has 5 fully saturated rings. The van der Waals surface area contributed by atoms with Crippen LogP contribution in [0.5, 0.6) is 0 Å². The van der Waals surface area contributed by atoms with E-state index in [4.69, 9.17) is 9.47 Å². The third-order valence-electron chi connectivity index (χ3n) is 12.8. The van der Waals surface area contributed by atoms with Gasteiger partial charge in [0.25, 0.3) is 0 Å². The summed E-state index contributed by atoms with van der Waals surface area (Å²) in [6.45, 7) is 18.1. The van der Waals surface area contributed by atoms with Crippen molar-refractivity contribution in [3.8, 4) is 0 Å². The molecule has 4 saturated carbocycles. The summed E-state index contributed by atoms with van der Waals surface area (Å²) >= 11 is 0. The molecule has 38 heavy (non-hydrogen) atoms. The van der Waals surface area contributed by atoms with Crippen molar-refractivity contribution in [3.63, 3.8) is 0 Å². The lowest BCUT2D eigenvalue weighted by molar-refractivity contribution is -0.179. The second-order valence-corrected chi connectivity index (χ2v) is 15.2. The van der Waals surface area contributed by atoms with Crippen LogP contribution in [0.15, 0.2) is 11.8 Å². The summed E-state index contributed by atoms with van der Waals surface area (Å²) in [6, 6.07) is 0. The van der Waals surface area contributed by atoms with E-state index < -0.39 is 5.79 Å². The minimum Gasteiger partial charge on any atom is -0.515 e. The van der Waals surface area contributed by atoms with E-state index in [-0.39, 0.29) is 46.8 Å². The van der Waals surface area contributed by atoms with E-state index in [1.807, 2.05) is 13.8 Å². The number of carbonyl (C=O) groups excluding carboxylic acids is 1. The molecule has 0 aromatic carbocycles. The van der Waals surface area contributed by atoms with E-state index in [1.165, 1.54) is 12.8 Å². The lowest BCUT2D eigenvalue weighted by Gasteiger charge is -2.63. The third-order valence-corrected chi connectivity index (χ3v) is 12.8. The zero-order chi connectivity index (χ0) is 27.8. The fourth-order valence-corrected chi connectivity index (χ4v) is 10.7. The predicted octanol–water partition coefficient (Wildman–Crippen LogP) is 7.08. The summed E-state index contributed by atoms with van der Waals surface area (Å²) in [5, 5.41) is 21.4. The van der Waals surface area contributed by atoms with Crippen molar-refractivity contribution in [2.75, 3.05) is 0 Å². The molecule has 2 N–H and O–H groups in total.